The summed E-state index contributed by atoms with van der Waals surface area (Å²) >= 11 is 5.92. The van der Waals surface area contributed by atoms with Crippen molar-refractivity contribution in [2.45, 2.75) is 38.0 Å². The molecule has 0 aromatic heterocycles. The largest absolute Gasteiger partial charge is 0.509 e. The zero-order chi connectivity index (χ0) is 23.4. The number of halogens is 1. The zero-order valence-electron chi connectivity index (χ0n) is 18.4. The van der Waals surface area contributed by atoms with E-state index >= 15 is 0 Å². The molecule has 2 aromatic rings. The summed E-state index contributed by atoms with van der Waals surface area (Å²) in [6.45, 7) is 2.25. The molecule has 32 heavy (non-hydrogen) atoms. The highest BCUT2D eigenvalue weighted by Gasteiger charge is 2.35. The molecule has 7 nitrogen and oxygen atoms in total. The van der Waals surface area contributed by atoms with Gasteiger partial charge in [-0.25, -0.2) is 0 Å². The van der Waals surface area contributed by atoms with Crippen LogP contribution >= 0.6 is 11.6 Å². The molecule has 8 heteroatoms. The van der Waals surface area contributed by atoms with Crippen molar-refractivity contribution < 1.29 is 24.5 Å². The van der Waals surface area contributed by atoms with Crippen molar-refractivity contribution >= 4 is 17.5 Å². The molecule has 2 aromatic carbocycles. The first kappa shape index (κ1) is 23.9. The van der Waals surface area contributed by atoms with Gasteiger partial charge in [-0.3, -0.25) is 4.79 Å². The summed E-state index contributed by atoms with van der Waals surface area (Å²) in [6.07, 6.45) is 1.26. The summed E-state index contributed by atoms with van der Waals surface area (Å²) in [5.74, 6) is 0.646. The number of carbonyl (C=O) groups excluding carboxylic acids is 1. The number of ether oxygens (including phenoxy) is 2. The topological polar surface area (TPSA) is 105 Å². The maximum Gasteiger partial charge on any atom is 0.240 e. The van der Waals surface area contributed by atoms with Gasteiger partial charge >= 0.3 is 0 Å². The van der Waals surface area contributed by atoms with Gasteiger partial charge in [0.2, 0.25) is 5.91 Å². The lowest BCUT2D eigenvalue weighted by Crippen LogP contribution is -2.47. The highest BCUT2D eigenvalue weighted by atomic mass is 35.5. The van der Waals surface area contributed by atoms with Crippen molar-refractivity contribution in [2.75, 3.05) is 20.8 Å². The summed E-state index contributed by atoms with van der Waals surface area (Å²) in [7, 11) is 3.11. The van der Waals surface area contributed by atoms with Crippen LogP contribution in [-0.2, 0) is 11.2 Å². The number of hydrogen-bond acceptors (Lipinski definition) is 6. The number of methoxy groups -OCH3 is 2. The minimum absolute atomic E-state index is 0.231. The number of nitrogens with two attached hydrogens (primary N) is 1. The van der Waals surface area contributed by atoms with E-state index in [9.17, 15) is 15.0 Å². The summed E-state index contributed by atoms with van der Waals surface area (Å²) in [5.41, 5.74) is 8.19. The molecule has 4 N–H and O–H groups in total. The Morgan fingerprint density at radius 1 is 1.28 bits per heavy atom. The Morgan fingerprint density at radius 3 is 2.56 bits per heavy atom. The Kier molecular flexibility index (Phi) is 7.66. The minimum atomic E-state index is -1.28. The van der Waals surface area contributed by atoms with Gasteiger partial charge in [-0.15, -0.1) is 0 Å². The highest BCUT2D eigenvalue weighted by Crippen LogP contribution is 2.41. The molecule has 0 radical (unpaired) electrons. The lowest BCUT2D eigenvalue weighted by molar-refractivity contribution is -0.134. The molecule has 0 fully saturated rings. The molecular formula is C24H29ClN2O5. The summed E-state index contributed by atoms with van der Waals surface area (Å²) in [5, 5.41) is 22.1. The van der Waals surface area contributed by atoms with Gasteiger partial charge in [0, 0.05) is 23.2 Å². The lowest BCUT2D eigenvalue weighted by Gasteiger charge is -2.38. The maximum atomic E-state index is 13.1. The highest BCUT2D eigenvalue weighted by molar-refractivity contribution is 6.30. The number of amides is 1. The summed E-state index contributed by atoms with van der Waals surface area (Å²) in [6, 6.07) is 8.82. The molecular weight excluding hydrogens is 432 g/mol. The monoisotopic (exact) mass is 460 g/mol. The van der Waals surface area contributed by atoms with Crippen LogP contribution in [0.4, 0.5) is 0 Å². The first-order valence-electron chi connectivity index (χ1n) is 10.5. The number of aliphatic hydroxyl groups is 2. The van der Waals surface area contributed by atoms with E-state index in [0.29, 0.717) is 41.5 Å². The van der Waals surface area contributed by atoms with Gasteiger partial charge in [0.05, 0.1) is 26.3 Å². The van der Waals surface area contributed by atoms with Crippen LogP contribution in [0.3, 0.4) is 0 Å². The van der Waals surface area contributed by atoms with Crippen molar-refractivity contribution in [3.63, 3.8) is 0 Å². The molecule has 0 spiro atoms. The number of benzene rings is 2. The maximum absolute atomic E-state index is 13.1. The average Bonchev–Trinajstić information content (AvgIpc) is 2.82. The molecule has 0 bridgehead atoms. The van der Waals surface area contributed by atoms with Gasteiger partial charge in [0.1, 0.15) is 23.4 Å². The van der Waals surface area contributed by atoms with Crippen LogP contribution in [0.15, 0.2) is 48.2 Å². The van der Waals surface area contributed by atoms with Crippen LogP contribution in [0, 0.1) is 0 Å². The molecule has 0 aliphatic carbocycles. The standard InChI is InChI=1S/C24H29ClN2O5/c1-4-18(26)24(30)27-10-9-15-11-17(31-2)12-21(32-3)22(15)19(27)13-20(28)23(29)14-5-7-16(25)8-6-14/h5-8,11-13,18-19,23,28-29H,4,9-10,26H2,1-3H3/b20-13+. The van der Waals surface area contributed by atoms with Gasteiger partial charge in [-0.2, -0.15) is 0 Å². The predicted octanol–water partition coefficient (Wildman–Crippen LogP) is 3.70. The predicted molar refractivity (Wildman–Crippen MR) is 123 cm³/mol. The van der Waals surface area contributed by atoms with Crippen LogP contribution in [0.5, 0.6) is 11.5 Å². The minimum Gasteiger partial charge on any atom is -0.509 e. The Bertz CT molecular complexity index is 975. The first-order valence-corrected chi connectivity index (χ1v) is 10.8. The summed E-state index contributed by atoms with van der Waals surface area (Å²) in [4.78, 5) is 14.7. The summed E-state index contributed by atoms with van der Waals surface area (Å²) < 4.78 is 11.0. The van der Waals surface area contributed by atoms with Crippen LogP contribution in [0.25, 0.3) is 0 Å². The van der Waals surface area contributed by atoms with Crippen LogP contribution < -0.4 is 15.2 Å². The van der Waals surface area contributed by atoms with Gasteiger partial charge in [-0.05, 0) is 48.2 Å². The zero-order valence-corrected chi connectivity index (χ0v) is 19.2. The number of aliphatic hydroxyl groups excluding tert-OH is 2. The van der Waals surface area contributed by atoms with E-state index < -0.39 is 18.2 Å². The van der Waals surface area contributed by atoms with Gasteiger partial charge in [0.15, 0.2) is 0 Å². The number of carbonyl (C=O) groups is 1. The van der Waals surface area contributed by atoms with E-state index in [2.05, 4.69) is 0 Å². The van der Waals surface area contributed by atoms with E-state index in [1.165, 1.54) is 13.2 Å². The Balaban J connectivity index is 2.09. The van der Waals surface area contributed by atoms with Crippen LogP contribution in [0.1, 0.15) is 42.2 Å². The van der Waals surface area contributed by atoms with E-state index in [-0.39, 0.29) is 11.7 Å². The third-order valence-electron chi connectivity index (χ3n) is 5.75. The van der Waals surface area contributed by atoms with Gasteiger partial charge in [-0.1, -0.05) is 30.7 Å². The third-order valence-corrected chi connectivity index (χ3v) is 6.00. The molecule has 1 aliphatic heterocycles. The van der Waals surface area contributed by atoms with Crippen LogP contribution in [-0.4, -0.2) is 47.8 Å². The molecule has 0 saturated carbocycles. The second-order valence-corrected chi connectivity index (χ2v) is 8.13. The van der Waals surface area contributed by atoms with Crippen molar-refractivity contribution in [2.24, 2.45) is 5.73 Å². The lowest BCUT2D eigenvalue weighted by atomic mass is 9.89. The average molecular weight is 461 g/mol. The second-order valence-electron chi connectivity index (χ2n) is 7.69. The van der Waals surface area contributed by atoms with Gasteiger partial charge < -0.3 is 30.3 Å². The first-order chi connectivity index (χ1) is 15.3. The Morgan fingerprint density at radius 2 is 1.97 bits per heavy atom. The fraction of sp³-hybridized carbons (Fsp3) is 0.375. The Hall–Kier alpha value is -2.74. The van der Waals surface area contributed by atoms with Crippen molar-refractivity contribution in [1.29, 1.82) is 0 Å². The smallest absolute Gasteiger partial charge is 0.240 e. The van der Waals surface area contributed by atoms with E-state index in [0.717, 1.165) is 11.1 Å². The molecule has 3 unspecified atom stereocenters. The molecule has 1 aliphatic rings. The van der Waals surface area contributed by atoms with Gasteiger partial charge in [0.25, 0.3) is 0 Å². The third kappa shape index (κ3) is 4.85. The molecule has 1 amide bonds. The van der Waals surface area contributed by atoms with Crippen molar-refractivity contribution in [3.05, 3.63) is 69.9 Å². The van der Waals surface area contributed by atoms with Crippen LogP contribution in [0.2, 0.25) is 5.02 Å². The van der Waals surface area contributed by atoms with E-state index in [4.69, 9.17) is 26.8 Å². The molecule has 3 rings (SSSR count). The quantitative estimate of drug-likeness (QED) is 0.544. The fourth-order valence-corrected chi connectivity index (χ4v) is 4.02. The number of rotatable bonds is 7. The van der Waals surface area contributed by atoms with Crippen molar-refractivity contribution in [1.82, 2.24) is 4.90 Å². The molecule has 0 saturated heterocycles. The number of hydrogen-bond donors (Lipinski definition) is 3. The van der Waals surface area contributed by atoms with E-state index in [1.807, 2.05) is 13.0 Å². The SMILES string of the molecule is CCC(N)C(=O)N1CCc2cc(OC)cc(OC)c2C1/C=C(/O)C(O)c1ccc(Cl)cc1. The molecule has 3 atom stereocenters. The second kappa shape index (κ2) is 10.3. The number of fused-ring (bicyclic) bond motifs is 1. The molecule has 1 heterocycles. The van der Waals surface area contributed by atoms with E-state index in [1.54, 1.807) is 42.3 Å². The number of nitrogens with zero attached hydrogens (tertiary/aromatic N) is 1. The van der Waals surface area contributed by atoms with Crippen molar-refractivity contribution in [3.8, 4) is 11.5 Å². The normalized spacial score (nSPS) is 18.0. The molecule has 172 valence electrons. The fourth-order valence-electron chi connectivity index (χ4n) is 3.90. The Labute approximate surface area is 193 Å².